The van der Waals surface area contributed by atoms with Gasteiger partial charge in [0.15, 0.2) is 0 Å². The van der Waals surface area contributed by atoms with Crippen LogP contribution in [0.5, 0.6) is 0 Å². The maximum absolute atomic E-state index is 5.93. The Morgan fingerprint density at radius 3 is 2.31 bits per heavy atom. The molecule has 1 saturated heterocycles. The molecule has 1 aliphatic rings. The van der Waals surface area contributed by atoms with Gasteiger partial charge in [0.1, 0.15) is 0 Å². The summed E-state index contributed by atoms with van der Waals surface area (Å²) in [5.74, 6) is 0. The highest BCUT2D eigenvalue weighted by Gasteiger charge is 2.20. The number of likely N-dealkylation sites (tertiary alicyclic amines) is 1. The number of piperidine rings is 1. The number of aryl methyl sites for hydroxylation is 1. The summed E-state index contributed by atoms with van der Waals surface area (Å²) in [6.07, 6.45) is 4.02. The number of rotatable bonds is 3. The van der Waals surface area contributed by atoms with Crippen molar-refractivity contribution in [1.82, 2.24) is 4.90 Å². The van der Waals surface area contributed by atoms with Crippen molar-refractivity contribution in [1.29, 1.82) is 0 Å². The minimum absolute atomic E-state index is 0.417. The highest BCUT2D eigenvalue weighted by molar-refractivity contribution is 5.24. The zero-order valence-corrected chi connectivity index (χ0v) is 10.2. The summed E-state index contributed by atoms with van der Waals surface area (Å²) >= 11 is 0. The highest BCUT2D eigenvalue weighted by atomic mass is 15.2. The van der Waals surface area contributed by atoms with Crippen LogP contribution in [-0.4, -0.2) is 24.5 Å². The molecule has 0 bridgehead atoms. The number of hydrogen-bond acceptors (Lipinski definition) is 2. The predicted molar refractivity (Wildman–Crippen MR) is 68.4 cm³/mol. The molecule has 0 unspecified atom stereocenters. The van der Waals surface area contributed by atoms with Crippen molar-refractivity contribution in [3.63, 3.8) is 0 Å². The second kappa shape index (κ2) is 5.46. The van der Waals surface area contributed by atoms with Crippen LogP contribution in [0.25, 0.3) is 0 Å². The van der Waals surface area contributed by atoms with Gasteiger partial charge in [0.05, 0.1) is 0 Å². The number of hydrogen-bond donors (Lipinski definition) is 1. The summed E-state index contributed by atoms with van der Waals surface area (Å²) in [6.45, 7) is 5.26. The van der Waals surface area contributed by atoms with Crippen LogP contribution in [0.4, 0.5) is 0 Å². The van der Waals surface area contributed by atoms with E-state index in [-0.39, 0.29) is 0 Å². The predicted octanol–water partition coefficient (Wildman–Crippen LogP) is 2.48. The van der Waals surface area contributed by atoms with E-state index in [0.717, 1.165) is 6.54 Å². The fourth-order valence-electron chi connectivity index (χ4n) is 2.51. The third-order valence-corrected chi connectivity index (χ3v) is 3.52. The van der Waals surface area contributed by atoms with Gasteiger partial charge in [0.2, 0.25) is 0 Å². The Morgan fingerprint density at radius 2 is 1.75 bits per heavy atom. The number of nitrogens with two attached hydrogens (primary N) is 1. The lowest BCUT2D eigenvalue weighted by Crippen LogP contribution is -2.37. The number of benzene rings is 1. The zero-order chi connectivity index (χ0) is 11.4. The fraction of sp³-hybridized carbons (Fsp3) is 0.571. The molecule has 1 aromatic carbocycles. The molecule has 0 saturated carbocycles. The third-order valence-electron chi connectivity index (χ3n) is 3.52. The molecule has 2 N–H and O–H groups in total. The van der Waals surface area contributed by atoms with Crippen LogP contribution in [0.2, 0.25) is 0 Å². The Morgan fingerprint density at radius 1 is 1.12 bits per heavy atom. The normalized spacial score (nSPS) is 19.6. The lowest BCUT2D eigenvalue weighted by Gasteiger charge is -2.34. The largest absolute Gasteiger partial charge is 0.329 e. The van der Waals surface area contributed by atoms with Gasteiger partial charge >= 0.3 is 0 Å². The maximum Gasteiger partial charge on any atom is 0.0470 e. The van der Waals surface area contributed by atoms with Gasteiger partial charge in [0.25, 0.3) is 0 Å². The summed E-state index contributed by atoms with van der Waals surface area (Å²) in [5.41, 5.74) is 8.62. The van der Waals surface area contributed by atoms with E-state index in [1.807, 2.05) is 0 Å². The van der Waals surface area contributed by atoms with Gasteiger partial charge in [-0.2, -0.15) is 0 Å². The van der Waals surface area contributed by atoms with E-state index >= 15 is 0 Å². The van der Waals surface area contributed by atoms with Gasteiger partial charge < -0.3 is 5.73 Å². The van der Waals surface area contributed by atoms with Crippen molar-refractivity contribution >= 4 is 0 Å². The van der Waals surface area contributed by atoms with Crippen LogP contribution in [0.15, 0.2) is 24.3 Å². The van der Waals surface area contributed by atoms with Crippen LogP contribution < -0.4 is 5.73 Å². The average Bonchev–Trinajstić information content (AvgIpc) is 2.34. The van der Waals surface area contributed by atoms with E-state index in [1.165, 1.54) is 43.5 Å². The average molecular weight is 218 g/mol. The molecule has 2 rings (SSSR count). The van der Waals surface area contributed by atoms with Crippen LogP contribution >= 0.6 is 0 Å². The first-order valence-electron chi connectivity index (χ1n) is 6.32. The van der Waals surface area contributed by atoms with Gasteiger partial charge in [-0.15, -0.1) is 0 Å². The van der Waals surface area contributed by atoms with Crippen LogP contribution in [0.1, 0.15) is 36.4 Å². The van der Waals surface area contributed by atoms with E-state index in [0.29, 0.717) is 6.04 Å². The molecule has 0 spiro atoms. The minimum atomic E-state index is 0.417. The lowest BCUT2D eigenvalue weighted by molar-refractivity contribution is 0.167. The molecule has 1 aromatic rings. The van der Waals surface area contributed by atoms with Crippen molar-refractivity contribution in [2.45, 2.75) is 32.2 Å². The van der Waals surface area contributed by atoms with E-state index in [2.05, 4.69) is 36.1 Å². The van der Waals surface area contributed by atoms with E-state index in [4.69, 9.17) is 5.73 Å². The fourth-order valence-corrected chi connectivity index (χ4v) is 2.51. The van der Waals surface area contributed by atoms with Crippen LogP contribution in [-0.2, 0) is 0 Å². The van der Waals surface area contributed by atoms with Crippen molar-refractivity contribution in [2.75, 3.05) is 19.6 Å². The Balaban J connectivity index is 2.11. The van der Waals surface area contributed by atoms with Gasteiger partial charge in [-0.1, -0.05) is 36.2 Å². The molecular weight excluding hydrogens is 196 g/mol. The second-order valence-corrected chi connectivity index (χ2v) is 4.76. The van der Waals surface area contributed by atoms with Gasteiger partial charge in [-0.05, 0) is 38.4 Å². The second-order valence-electron chi connectivity index (χ2n) is 4.76. The first kappa shape index (κ1) is 11.6. The lowest BCUT2D eigenvalue weighted by atomic mass is 10.0. The summed E-state index contributed by atoms with van der Waals surface area (Å²) in [5, 5.41) is 0. The van der Waals surface area contributed by atoms with E-state index in [1.54, 1.807) is 0 Å². The van der Waals surface area contributed by atoms with Crippen LogP contribution in [0, 0.1) is 6.92 Å². The van der Waals surface area contributed by atoms with Gasteiger partial charge in [0, 0.05) is 12.6 Å². The Bertz CT molecular complexity index is 312. The molecule has 2 nitrogen and oxygen atoms in total. The molecule has 88 valence electrons. The number of nitrogens with zero attached hydrogens (tertiary/aromatic N) is 1. The maximum atomic E-state index is 5.93. The highest BCUT2D eigenvalue weighted by Crippen LogP contribution is 2.23. The molecule has 0 aliphatic carbocycles. The zero-order valence-electron chi connectivity index (χ0n) is 10.2. The Kier molecular flexibility index (Phi) is 3.97. The Hall–Kier alpha value is -0.860. The monoisotopic (exact) mass is 218 g/mol. The molecule has 1 aliphatic heterocycles. The molecule has 0 radical (unpaired) electrons. The molecular formula is C14H22N2. The molecule has 1 heterocycles. The van der Waals surface area contributed by atoms with Crippen molar-refractivity contribution in [2.24, 2.45) is 5.73 Å². The van der Waals surface area contributed by atoms with Gasteiger partial charge in [-0.25, -0.2) is 0 Å². The van der Waals surface area contributed by atoms with E-state index < -0.39 is 0 Å². The minimum Gasteiger partial charge on any atom is -0.329 e. The van der Waals surface area contributed by atoms with Gasteiger partial charge in [-0.3, -0.25) is 4.90 Å². The Labute approximate surface area is 98.4 Å². The molecule has 0 aromatic heterocycles. The summed E-state index contributed by atoms with van der Waals surface area (Å²) in [7, 11) is 0. The quantitative estimate of drug-likeness (QED) is 0.844. The first-order valence-corrected chi connectivity index (χ1v) is 6.32. The van der Waals surface area contributed by atoms with Crippen molar-refractivity contribution in [3.8, 4) is 0 Å². The van der Waals surface area contributed by atoms with Crippen molar-refractivity contribution in [3.05, 3.63) is 35.4 Å². The molecule has 1 atom stereocenters. The van der Waals surface area contributed by atoms with E-state index in [9.17, 15) is 0 Å². The SMILES string of the molecule is Cc1ccc([C@H](CN)N2CCCCC2)cc1. The van der Waals surface area contributed by atoms with Crippen LogP contribution in [0.3, 0.4) is 0 Å². The third kappa shape index (κ3) is 2.63. The molecule has 2 heteroatoms. The summed E-state index contributed by atoms with van der Waals surface area (Å²) in [6, 6.07) is 9.23. The standard InChI is InChI=1S/C14H22N2/c1-12-5-7-13(8-6-12)14(11-15)16-9-3-2-4-10-16/h5-8,14H,2-4,9-11,15H2,1H3/t14-/m0/s1. The molecule has 1 fully saturated rings. The smallest absolute Gasteiger partial charge is 0.0470 e. The molecule has 0 amide bonds. The molecule has 16 heavy (non-hydrogen) atoms. The summed E-state index contributed by atoms with van der Waals surface area (Å²) in [4.78, 5) is 2.54. The first-order chi connectivity index (χ1) is 7.81. The van der Waals surface area contributed by atoms with Crippen molar-refractivity contribution < 1.29 is 0 Å². The summed E-state index contributed by atoms with van der Waals surface area (Å²) < 4.78 is 0. The topological polar surface area (TPSA) is 29.3 Å².